The van der Waals surface area contributed by atoms with Crippen molar-refractivity contribution in [3.8, 4) is 5.75 Å². The SMILES string of the molecule is CCOP(=S)(OCC)Oc1ccc(S(=O)(=O)C(C)(C)C)c(C)c1. The maximum atomic E-state index is 12.6. The number of sulfone groups is 1. The number of rotatable bonds is 7. The summed E-state index contributed by atoms with van der Waals surface area (Å²) in [6, 6.07) is 4.78. The van der Waals surface area contributed by atoms with Crippen LogP contribution in [0.2, 0.25) is 0 Å². The van der Waals surface area contributed by atoms with Crippen molar-refractivity contribution in [2.24, 2.45) is 0 Å². The molecule has 0 aromatic heterocycles. The van der Waals surface area contributed by atoms with E-state index in [4.69, 9.17) is 25.4 Å². The van der Waals surface area contributed by atoms with Crippen molar-refractivity contribution in [3.63, 3.8) is 0 Å². The maximum Gasteiger partial charge on any atom is 0.380 e. The van der Waals surface area contributed by atoms with Crippen LogP contribution in [0.1, 0.15) is 40.2 Å². The predicted molar refractivity (Wildman–Crippen MR) is 96.3 cm³/mol. The van der Waals surface area contributed by atoms with Gasteiger partial charge in [-0.1, -0.05) is 0 Å². The van der Waals surface area contributed by atoms with Crippen molar-refractivity contribution in [2.45, 2.75) is 51.2 Å². The molecule has 0 amide bonds. The van der Waals surface area contributed by atoms with Gasteiger partial charge in [0, 0.05) is 11.8 Å². The Bertz CT molecular complexity index is 682. The standard InChI is InChI=1S/C15H25O5PS2/c1-7-18-21(22,19-8-2)20-13-9-10-14(12(3)11-13)23(16,17)15(4,5)6/h9-11H,7-8H2,1-6H3. The van der Waals surface area contributed by atoms with Gasteiger partial charge < -0.3 is 4.52 Å². The van der Waals surface area contributed by atoms with Gasteiger partial charge in [0.25, 0.3) is 0 Å². The van der Waals surface area contributed by atoms with Gasteiger partial charge in [-0.2, -0.15) is 0 Å². The molecule has 0 bridgehead atoms. The predicted octanol–water partition coefficient (Wildman–Crippen LogP) is 4.24. The van der Waals surface area contributed by atoms with Gasteiger partial charge in [-0.05, 0) is 65.3 Å². The summed E-state index contributed by atoms with van der Waals surface area (Å²) in [6.07, 6.45) is 0. The summed E-state index contributed by atoms with van der Waals surface area (Å²) in [7, 11) is -3.42. The fraction of sp³-hybridized carbons (Fsp3) is 0.600. The summed E-state index contributed by atoms with van der Waals surface area (Å²) in [6.45, 7) is 8.29. The molecule has 1 aromatic carbocycles. The summed E-state index contributed by atoms with van der Waals surface area (Å²) in [4.78, 5) is 0.290. The van der Waals surface area contributed by atoms with E-state index in [-0.39, 0.29) is 0 Å². The first-order valence-corrected chi connectivity index (χ1v) is 11.4. The zero-order valence-electron chi connectivity index (χ0n) is 14.5. The summed E-state index contributed by atoms with van der Waals surface area (Å²) in [5.74, 6) is 0.445. The number of hydrogen-bond donors (Lipinski definition) is 0. The van der Waals surface area contributed by atoms with Crippen LogP contribution in [0, 0.1) is 6.92 Å². The van der Waals surface area contributed by atoms with Crippen molar-refractivity contribution in [1.82, 2.24) is 0 Å². The highest BCUT2D eigenvalue weighted by atomic mass is 32.5. The number of hydrogen-bond acceptors (Lipinski definition) is 6. The molecule has 0 heterocycles. The van der Waals surface area contributed by atoms with Crippen LogP contribution in [0.4, 0.5) is 0 Å². The molecule has 0 atom stereocenters. The lowest BCUT2D eigenvalue weighted by Gasteiger charge is -2.23. The quantitative estimate of drug-likeness (QED) is 0.659. The van der Waals surface area contributed by atoms with E-state index in [1.165, 1.54) is 0 Å². The molecule has 0 aliphatic carbocycles. The second-order valence-corrected chi connectivity index (χ2v) is 11.5. The fourth-order valence-electron chi connectivity index (χ4n) is 1.85. The van der Waals surface area contributed by atoms with Gasteiger partial charge in [-0.3, -0.25) is 9.05 Å². The summed E-state index contributed by atoms with van der Waals surface area (Å²) in [5, 5.41) is 0. The summed E-state index contributed by atoms with van der Waals surface area (Å²) < 4.78 is 40.8. The minimum Gasteiger partial charge on any atom is -0.424 e. The van der Waals surface area contributed by atoms with Crippen molar-refractivity contribution in [1.29, 1.82) is 0 Å². The first-order valence-electron chi connectivity index (χ1n) is 7.41. The fourth-order valence-corrected chi connectivity index (χ4v) is 5.31. The zero-order chi connectivity index (χ0) is 17.9. The van der Waals surface area contributed by atoms with Crippen molar-refractivity contribution in [2.75, 3.05) is 13.2 Å². The third kappa shape index (κ3) is 5.00. The molecule has 0 radical (unpaired) electrons. The zero-order valence-corrected chi connectivity index (χ0v) is 17.0. The van der Waals surface area contributed by atoms with E-state index < -0.39 is 21.3 Å². The van der Waals surface area contributed by atoms with Gasteiger partial charge in [0.2, 0.25) is 0 Å². The minimum atomic E-state index is -3.42. The Hall–Kier alpha value is -0.460. The van der Waals surface area contributed by atoms with Gasteiger partial charge in [0.05, 0.1) is 22.9 Å². The van der Waals surface area contributed by atoms with Crippen LogP contribution in [0.3, 0.4) is 0 Å². The molecule has 0 saturated heterocycles. The second kappa shape index (κ2) is 7.62. The van der Waals surface area contributed by atoms with Gasteiger partial charge in [-0.15, -0.1) is 0 Å². The Morgan fingerprint density at radius 1 is 1.13 bits per heavy atom. The highest BCUT2D eigenvalue weighted by Gasteiger charge is 2.32. The summed E-state index contributed by atoms with van der Waals surface area (Å²) in [5.41, 5.74) is 0.604. The molecular weight excluding hydrogens is 355 g/mol. The van der Waals surface area contributed by atoms with Crippen LogP contribution in [-0.4, -0.2) is 26.4 Å². The summed E-state index contributed by atoms with van der Waals surface area (Å²) >= 11 is 5.32. The molecule has 0 fully saturated rings. The molecule has 0 saturated carbocycles. The lowest BCUT2D eigenvalue weighted by molar-refractivity contribution is 0.218. The molecule has 1 aromatic rings. The Kier molecular flexibility index (Phi) is 6.82. The molecule has 0 aliphatic heterocycles. The van der Waals surface area contributed by atoms with E-state index in [2.05, 4.69) is 0 Å². The Labute approximate surface area is 144 Å². The Balaban J connectivity index is 3.17. The molecule has 0 N–H and O–H groups in total. The van der Waals surface area contributed by atoms with E-state index in [9.17, 15) is 8.42 Å². The van der Waals surface area contributed by atoms with Crippen LogP contribution < -0.4 is 4.52 Å². The Morgan fingerprint density at radius 2 is 1.65 bits per heavy atom. The Morgan fingerprint density at radius 3 is 2.04 bits per heavy atom. The molecular formula is C15H25O5PS2. The van der Waals surface area contributed by atoms with Gasteiger partial charge in [0.15, 0.2) is 9.84 Å². The van der Waals surface area contributed by atoms with Crippen LogP contribution in [0.15, 0.2) is 23.1 Å². The average molecular weight is 380 g/mol. The maximum absolute atomic E-state index is 12.6. The third-order valence-corrected chi connectivity index (χ3v) is 8.12. The third-order valence-electron chi connectivity index (χ3n) is 3.03. The highest BCUT2D eigenvalue weighted by Crippen LogP contribution is 2.50. The molecule has 0 aliphatic rings. The molecule has 0 spiro atoms. The first kappa shape index (κ1) is 20.6. The molecule has 0 unspecified atom stereocenters. The highest BCUT2D eigenvalue weighted by molar-refractivity contribution is 8.07. The largest absolute Gasteiger partial charge is 0.424 e. The van der Waals surface area contributed by atoms with E-state index in [0.29, 0.717) is 29.4 Å². The van der Waals surface area contributed by atoms with Crippen molar-refractivity contribution in [3.05, 3.63) is 23.8 Å². The van der Waals surface area contributed by atoms with Crippen LogP contribution in [0.5, 0.6) is 5.75 Å². The van der Waals surface area contributed by atoms with E-state index in [1.807, 2.05) is 13.8 Å². The van der Waals surface area contributed by atoms with Crippen LogP contribution in [0.25, 0.3) is 0 Å². The smallest absolute Gasteiger partial charge is 0.380 e. The van der Waals surface area contributed by atoms with Crippen molar-refractivity contribution >= 4 is 28.4 Å². The van der Waals surface area contributed by atoms with Crippen LogP contribution >= 0.6 is 6.72 Å². The molecule has 132 valence electrons. The lowest BCUT2D eigenvalue weighted by atomic mass is 10.2. The number of benzene rings is 1. The first-order chi connectivity index (χ1) is 10.5. The topological polar surface area (TPSA) is 61.8 Å². The van der Waals surface area contributed by atoms with E-state index >= 15 is 0 Å². The molecule has 23 heavy (non-hydrogen) atoms. The monoisotopic (exact) mass is 380 g/mol. The van der Waals surface area contributed by atoms with Crippen LogP contribution in [-0.2, 0) is 30.7 Å². The molecule has 5 nitrogen and oxygen atoms in total. The lowest BCUT2D eigenvalue weighted by Crippen LogP contribution is -2.28. The van der Waals surface area contributed by atoms with Crippen molar-refractivity contribution < 1.29 is 22.0 Å². The number of aryl methyl sites for hydroxylation is 1. The van der Waals surface area contributed by atoms with E-state index in [0.717, 1.165) is 0 Å². The molecule has 1 rings (SSSR count). The van der Waals surface area contributed by atoms with Gasteiger partial charge in [0.1, 0.15) is 5.75 Å². The normalized spacial score (nSPS) is 13.1. The molecule has 8 heteroatoms. The van der Waals surface area contributed by atoms with Gasteiger partial charge >= 0.3 is 6.72 Å². The average Bonchev–Trinajstić information content (AvgIpc) is 2.37. The van der Waals surface area contributed by atoms with E-state index in [1.54, 1.807) is 45.9 Å². The van der Waals surface area contributed by atoms with Gasteiger partial charge in [-0.25, -0.2) is 8.42 Å². The minimum absolute atomic E-state index is 0.290. The second-order valence-electron chi connectivity index (χ2n) is 5.92.